The number of nitrogens with zero attached hydrogens (tertiary/aromatic N) is 2. The van der Waals surface area contributed by atoms with Crippen LogP contribution in [0.5, 0.6) is 5.75 Å². The summed E-state index contributed by atoms with van der Waals surface area (Å²) >= 11 is 0. The number of hydrogen-bond acceptors (Lipinski definition) is 4. The molecule has 1 aromatic heterocycles. The molecule has 0 saturated heterocycles. The van der Waals surface area contributed by atoms with Crippen molar-refractivity contribution in [3.05, 3.63) is 36.2 Å². The molecule has 0 unspecified atom stereocenters. The molecule has 98 valence electrons. The summed E-state index contributed by atoms with van der Waals surface area (Å²) in [4.78, 5) is 8.67. The van der Waals surface area contributed by atoms with E-state index >= 15 is 0 Å². The Morgan fingerprint density at radius 1 is 1.16 bits per heavy atom. The second-order valence-corrected chi connectivity index (χ2v) is 5.02. The van der Waals surface area contributed by atoms with Crippen LogP contribution in [0.4, 0.5) is 5.95 Å². The Bertz CT molecular complexity index is 578. The first-order valence-corrected chi connectivity index (χ1v) is 6.57. The van der Waals surface area contributed by atoms with Crippen molar-refractivity contribution >= 4 is 5.95 Å². The SMILES string of the molecule is CC(C)Nc1ncc(-c2ccc3c(c2)CCO3)cn1. The van der Waals surface area contributed by atoms with Crippen molar-refractivity contribution in [2.24, 2.45) is 0 Å². The van der Waals surface area contributed by atoms with Crippen LogP contribution in [0.2, 0.25) is 0 Å². The van der Waals surface area contributed by atoms with E-state index in [9.17, 15) is 0 Å². The van der Waals surface area contributed by atoms with Crippen LogP contribution < -0.4 is 10.1 Å². The molecule has 1 aliphatic heterocycles. The maximum Gasteiger partial charge on any atom is 0.222 e. The molecule has 4 nitrogen and oxygen atoms in total. The fraction of sp³-hybridized carbons (Fsp3) is 0.333. The van der Waals surface area contributed by atoms with E-state index in [0.717, 1.165) is 29.9 Å². The number of benzene rings is 1. The third kappa shape index (κ3) is 2.52. The van der Waals surface area contributed by atoms with Gasteiger partial charge in [-0.1, -0.05) is 6.07 Å². The monoisotopic (exact) mass is 255 g/mol. The lowest BCUT2D eigenvalue weighted by Crippen LogP contribution is -2.12. The van der Waals surface area contributed by atoms with Crippen LogP contribution in [-0.2, 0) is 6.42 Å². The van der Waals surface area contributed by atoms with Gasteiger partial charge in [-0.3, -0.25) is 0 Å². The highest BCUT2D eigenvalue weighted by Gasteiger charge is 2.12. The summed E-state index contributed by atoms with van der Waals surface area (Å²) in [5.41, 5.74) is 3.44. The number of hydrogen-bond donors (Lipinski definition) is 1. The minimum Gasteiger partial charge on any atom is -0.493 e. The van der Waals surface area contributed by atoms with Crippen LogP contribution in [0.3, 0.4) is 0 Å². The first-order chi connectivity index (χ1) is 9.22. The van der Waals surface area contributed by atoms with Gasteiger partial charge in [-0.2, -0.15) is 0 Å². The number of rotatable bonds is 3. The molecule has 0 saturated carbocycles. The van der Waals surface area contributed by atoms with Crippen LogP contribution in [0.15, 0.2) is 30.6 Å². The number of ether oxygens (including phenoxy) is 1. The van der Waals surface area contributed by atoms with Gasteiger partial charge in [0.2, 0.25) is 5.95 Å². The molecule has 1 aromatic carbocycles. The quantitative estimate of drug-likeness (QED) is 0.916. The zero-order valence-corrected chi connectivity index (χ0v) is 11.2. The molecule has 2 aromatic rings. The summed E-state index contributed by atoms with van der Waals surface area (Å²) < 4.78 is 5.51. The van der Waals surface area contributed by atoms with Gasteiger partial charge in [0.1, 0.15) is 5.75 Å². The Morgan fingerprint density at radius 2 is 1.95 bits per heavy atom. The molecule has 0 fully saturated rings. The zero-order chi connectivity index (χ0) is 13.2. The van der Waals surface area contributed by atoms with Crippen molar-refractivity contribution in [3.8, 4) is 16.9 Å². The van der Waals surface area contributed by atoms with E-state index in [-0.39, 0.29) is 0 Å². The van der Waals surface area contributed by atoms with Gasteiger partial charge in [-0.05, 0) is 37.1 Å². The van der Waals surface area contributed by atoms with Gasteiger partial charge in [0.05, 0.1) is 6.61 Å². The van der Waals surface area contributed by atoms with Gasteiger partial charge in [0.25, 0.3) is 0 Å². The lowest BCUT2D eigenvalue weighted by Gasteiger charge is -2.08. The molecule has 0 amide bonds. The lowest BCUT2D eigenvalue weighted by atomic mass is 10.0. The minimum absolute atomic E-state index is 0.336. The summed E-state index contributed by atoms with van der Waals surface area (Å²) in [7, 11) is 0. The fourth-order valence-corrected chi connectivity index (χ4v) is 2.18. The summed E-state index contributed by atoms with van der Waals surface area (Å²) in [5, 5.41) is 3.18. The average Bonchev–Trinajstić information content (AvgIpc) is 2.86. The van der Waals surface area contributed by atoms with Gasteiger partial charge in [0, 0.05) is 30.4 Å². The molecule has 0 spiro atoms. The highest BCUT2D eigenvalue weighted by molar-refractivity contribution is 5.65. The molecule has 1 aliphatic rings. The maximum atomic E-state index is 5.51. The Hall–Kier alpha value is -2.10. The number of nitrogens with one attached hydrogen (secondary N) is 1. The van der Waals surface area contributed by atoms with Crippen molar-refractivity contribution < 1.29 is 4.74 Å². The van der Waals surface area contributed by atoms with E-state index in [1.165, 1.54) is 5.56 Å². The van der Waals surface area contributed by atoms with Gasteiger partial charge in [-0.15, -0.1) is 0 Å². The van der Waals surface area contributed by atoms with Crippen LogP contribution in [0.25, 0.3) is 11.1 Å². The average molecular weight is 255 g/mol. The summed E-state index contributed by atoms with van der Waals surface area (Å²) in [6.45, 7) is 4.92. The van der Waals surface area contributed by atoms with Crippen molar-refractivity contribution in [1.82, 2.24) is 9.97 Å². The maximum absolute atomic E-state index is 5.51. The predicted molar refractivity (Wildman–Crippen MR) is 75.4 cm³/mol. The molecule has 19 heavy (non-hydrogen) atoms. The van der Waals surface area contributed by atoms with Crippen LogP contribution >= 0.6 is 0 Å². The summed E-state index contributed by atoms with van der Waals surface area (Å²) in [6.07, 6.45) is 4.70. The number of aromatic nitrogens is 2. The number of anilines is 1. The van der Waals surface area contributed by atoms with Crippen LogP contribution in [0, 0.1) is 0 Å². The largest absolute Gasteiger partial charge is 0.493 e. The van der Waals surface area contributed by atoms with E-state index < -0.39 is 0 Å². The molecular weight excluding hydrogens is 238 g/mol. The van der Waals surface area contributed by atoms with Crippen molar-refractivity contribution in [2.75, 3.05) is 11.9 Å². The van der Waals surface area contributed by atoms with Crippen LogP contribution in [-0.4, -0.2) is 22.6 Å². The van der Waals surface area contributed by atoms with E-state index in [4.69, 9.17) is 4.74 Å². The molecule has 2 heterocycles. The second kappa shape index (κ2) is 4.88. The van der Waals surface area contributed by atoms with Crippen molar-refractivity contribution in [3.63, 3.8) is 0 Å². The van der Waals surface area contributed by atoms with Gasteiger partial charge in [0.15, 0.2) is 0 Å². The lowest BCUT2D eigenvalue weighted by molar-refractivity contribution is 0.357. The van der Waals surface area contributed by atoms with Gasteiger partial charge in [-0.25, -0.2) is 9.97 Å². The molecule has 0 bridgehead atoms. The standard InChI is InChI=1S/C15H17N3O/c1-10(2)18-15-16-8-13(9-17-15)11-3-4-14-12(7-11)5-6-19-14/h3-4,7-10H,5-6H2,1-2H3,(H,16,17,18). The Kier molecular flexibility index (Phi) is 3.07. The van der Waals surface area contributed by atoms with Crippen LogP contribution in [0.1, 0.15) is 19.4 Å². The smallest absolute Gasteiger partial charge is 0.222 e. The molecule has 0 aliphatic carbocycles. The Morgan fingerprint density at radius 3 is 2.68 bits per heavy atom. The first-order valence-electron chi connectivity index (χ1n) is 6.57. The molecule has 3 rings (SSSR count). The zero-order valence-electron chi connectivity index (χ0n) is 11.2. The van der Waals surface area contributed by atoms with Gasteiger partial charge >= 0.3 is 0 Å². The second-order valence-electron chi connectivity index (χ2n) is 5.02. The summed E-state index contributed by atoms with van der Waals surface area (Å²) in [6, 6.07) is 6.58. The van der Waals surface area contributed by atoms with Crippen molar-refractivity contribution in [1.29, 1.82) is 0 Å². The molecule has 0 radical (unpaired) electrons. The normalized spacial score (nSPS) is 13.2. The predicted octanol–water partition coefficient (Wildman–Crippen LogP) is 2.90. The Balaban J connectivity index is 1.86. The highest BCUT2D eigenvalue weighted by Crippen LogP contribution is 2.30. The number of fused-ring (bicyclic) bond motifs is 1. The summed E-state index contributed by atoms with van der Waals surface area (Å²) in [5.74, 6) is 1.67. The van der Waals surface area contributed by atoms with Crippen molar-refractivity contribution in [2.45, 2.75) is 26.3 Å². The first kappa shape index (κ1) is 12.0. The molecular formula is C15H17N3O. The Labute approximate surface area is 112 Å². The molecule has 4 heteroatoms. The topological polar surface area (TPSA) is 47.0 Å². The van der Waals surface area contributed by atoms with Gasteiger partial charge < -0.3 is 10.1 Å². The fourth-order valence-electron chi connectivity index (χ4n) is 2.18. The van der Waals surface area contributed by atoms with E-state index in [2.05, 4.69) is 41.3 Å². The minimum atomic E-state index is 0.336. The molecule has 1 N–H and O–H groups in total. The molecule has 0 atom stereocenters. The van der Waals surface area contributed by atoms with E-state index in [1.807, 2.05) is 18.5 Å². The third-order valence-electron chi connectivity index (χ3n) is 3.09. The third-order valence-corrected chi connectivity index (χ3v) is 3.09. The van der Waals surface area contributed by atoms with E-state index in [0.29, 0.717) is 12.0 Å². The van der Waals surface area contributed by atoms with E-state index in [1.54, 1.807) is 0 Å². The highest BCUT2D eigenvalue weighted by atomic mass is 16.5.